The SMILES string of the molecule is O=C1NC(=O)N2CCNC[C@@H]12. The number of carbonyl (C=O) groups excluding carboxylic acids is 2. The number of urea groups is 1. The first-order valence-electron chi connectivity index (χ1n) is 3.61. The Balaban J connectivity index is 2.19. The van der Waals surface area contributed by atoms with E-state index in [1.165, 1.54) is 0 Å². The van der Waals surface area contributed by atoms with Crippen molar-refractivity contribution in [1.29, 1.82) is 0 Å². The van der Waals surface area contributed by atoms with Gasteiger partial charge in [0.1, 0.15) is 6.04 Å². The zero-order valence-corrected chi connectivity index (χ0v) is 5.96. The molecule has 0 unspecified atom stereocenters. The van der Waals surface area contributed by atoms with Crippen LogP contribution < -0.4 is 10.6 Å². The third kappa shape index (κ3) is 0.883. The Morgan fingerprint density at radius 2 is 2.27 bits per heavy atom. The van der Waals surface area contributed by atoms with Gasteiger partial charge in [-0.3, -0.25) is 10.1 Å². The van der Waals surface area contributed by atoms with Crippen molar-refractivity contribution in [3.63, 3.8) is 0 Å². The van der Waals surface area contributed by atoms with Crippen LogP contribution >= 0.6 is 0 Å². The van der Waals surface area contributed by atoms with Crippen molar-refractivity contribution in [2.45, 2.75) is 6.04 Å². The standard InChI is InChI=1S/C6H9N3O2/c10-5-4-3-7-1-2-9(4)6(11)8-5/h4,7H,1-3H2,(H,8,10,11)/t4-/m0/s1. The first-order valence-corrected chi connectivity index (χ1v) is 3.61. The van der Waals surface area contributed by atoms with Gasteiger partial charge in [0.2, 0.25) is 0 Å². The summed E-state index contributed by atoms with van der Waals surface area (Å²) in [6.07, 6.45) is 0. The molecule has 0 radical (unpaired) electrons. The van der Waals surface area contributed by atoms with Crippen LogP contribution in [0.3, 0.4) is 0 Å². The molecular formula is C6H9N3O2. The third-order valence-corrected chi connectivity index (χ3v) is 2.04. The number of hydrogen-bond donors (Lipinski definition) is 2. The fourth-order valence-electron chi connectivity index (χ4n) is 1.44. The number of nitrogens with one attached hydrogen (secondary N) is 2. The van der Waals surface area contributed by atoms with Gasteiger partial charge in [0.25, 0.3) is 5.91 Å². The van der Waals surface area contributed by atoms with Crippen LogP contribution in [0.15, 0.2) is 0 Å². The molecule has 2 heterocycles. The second-order valence-corrected chi connectivity index (χ2v) is 2.71. The van der Waals surface area contributed by atoms with Crippen LogP contribution in [0.5, 0.6) is 0 Å². The fourth-order valence-corrected chi connectivity index (χ4v) is 1.44. The molecule has 0 aromatic rings. The van der Waals surface area contributed by atoms with E-state index < -0.39 is 0 Å². The molecule has 2 aliphatic heterocycles. The van der Waals surface area contributed by atoms with Gasteiger partial charge in [-0.05, 0) is 0 Å². The van der Waals surface area contributed by atoms with Crippen LogP contribution in [0.4, 0.5) is 4.79 Å². The molecule has 0 saturated carbocycles. The molecule has 2 rings (SSSR count). The molecule has 11 heavy (non-hydrogen) atoms. The van der Waals surface area contributed by atoms with E-state index in [4.69, 9.17) is 0 Å². The van der Waals surface area contributed by atoms with Gasteiger partial charge in [-0.25, -0.2) is 4.79 Å². The molecule has 5 heteroatoms. The molecule has 0 aromatic carbocycles. The zero-order valence-electron chi connectivity index (χ0n) is 5.96. The minimum absolute atomic E-state index is 0.179. The van der Waals surface area contributed by atoms with Crippen molar-refractivity contribution in [1.82, 2.24) is 15.5 Å². The van der Waals surface area contributed by atoms with Gasteiger partial charge >= 0.3 is 6.03 Å². The number of carbonyl (C=O) groups is 2. The number of fused-ring (bicyclic) bond motifs is 1. The highest BCUT2D eigenvalue weighted by molar-refractivity contribution is 6.04. The van der Waals surface area contributed by atoms with E-state index in [2.05, 4.69) is 10.6 Å². The monoisotopic (exact) mass is 155 g/mol. The average Bonchev–Trinajstić information content (AvgIpc) is 2.30. The van der Waals surface area contributed by atoms with Gasteiger partial charge in [0.05, 0.1) is 0 Å². The van der Waals surface area contributed by atoms with E-state index in [0.717, 1.165) is 6.54 Å². The molecule has 1 atom stereocenters. The second-order valence-electron chi connectivity index (χ2n) is 2.71. The lowest BCUT2D eigenvalue weighted by Crippen LogP contribution is -2.51. The topological polar surface area (TPSA) is 61.4 Å². The Morgan fingerprint density at radius 1 is 1.45 bits per heavy atom. The molecule has 0 spiro atoms. The van der Waals surface area contributed by atoms with Crippen LogP contribution in [0.25, 0.3) is 0 Å². The van der Waals surface area contributed by atoms with E-state index in [-0.39, 0.29) is 18.0 Å². The summed E-state index contributed by atoms with van der Waals surface area (Å²) in [5.41, 5.74) is 0. The Labute approximate surface area is 63.7 Å². The van der Waals surface area contributed by atoms with Gasteiger partial charge in [0, 0.05) is 19.6 Å². The normalized spacial score (nSPS) is 30.2. The summed E-state index contributed by atoms with van der Waals surface area (Å²) in [6.45, 7) is 1.98. The quantitative estimate of drug-likeness (QED) is 0.419. The predicted molar refractivity (Wildman–Crippen MR) is 36.9 cm³/mol. The van der Waals surface area contributed by atoms with Crippen LogP contribution in [-0.2, 0) is 4.79 Å². The highest BCUT2D eigenvalue weighted by Gasteiger charge is 2.39. The maximum absolute atomic E-state index is 11.0. The van der Waals surface area contributed by atoms with Crippen molar-refractivity contribution in [2.75, 3.05) is 19.6 Å². The lowest BCUT2D eigenvalue weighted by Gasteiger charge is -2.26. The molecule has 0 aromatic heterocycles. The maximum atomic E-state index is 11.0. The smallest absolute Gasteiger partial charge is 0.312 e. The number of piperazine rings is 1. The van der Waals surface area contributed by atoms with Crippen LogP contribution in [0.1, 0.15) is 0 Å². The van der Waals surface area contributed by atoms with E-state index in [9.17, 15) is 9.59 Å². The van der Waals surface area contributed by atoms with E-state index in [1.807, 2.05) is 0 Å². The molecule has 2 N–H and O–H groups in total. The molecule has 60 valence electrons. The van der Waals surface area contributed by atoms with Crippen LogP contribution in [0.2, 0.25) is 0 Å². The van der Waals surface area contributed by atoms with Crippen molar-refractivity contribution < 1.29 is 9.59 Å². The molecule has 2 fully saturated rings. The van der Waals surface area contributed by atoms with Crippen LogP contribution in [0, 0.1) is 0 Å². The minimum Gasteiger partial charge on any atom is -0.312 e. The summed E-state index contributed by atoms with van der Waals surface area (Å²) in [7, 11) is 0. The second kappa shape index (κ2) is 2.20. The molecule has 2 saturated heterocycles. The average molecular weight is 155 g/mol. The van der Waals surface area contributed by atoms with Crippen molar-refractivity contribution in [3.05, 3.63) is 0 Å². The van der Waals surface area contributed by atoms with Crippen molar-refractivity contribution in [2.24, 2.45) is 0 Å². The largest absolute Gasteiger partial charge is 0.324 e. The molecule has 5 nitrogen and oxygen atoms in total. The molecule has 2 aliphatic rings. The van der Waals surface area contributed by atoms with Gasteiger partial charge in [-0.15, -0.1) is 0 Å². The maximum Gasteiger partial charge on any atom is 0.324 e. The van der Waals surface area contributed by atoms with Crippen molar-refractivity contribution >= 4 is 11.9 Å². The minimum atomic E-state index is -0.267. The lowest BCUT2D eigenvalue weighted by molar-refractivity contribution is -0.121. The summed E-state index contributed by atoms with van der Waals surface area (Å²) < 4.78 is 0. The van der Waals surface area contributed by atoms with Gasteiger partial charge in [0.15, 0.2) is 0 Å². The number of rotatable bonds is 0. The molecule has 0 bridgehead atoms. The Kier molecular flexibility index (Phi) is 1.32. The first kappa shape index (κ1) is 6.60. The van der Waals surface area contributed by atoms with E-state index in [0.29, 0.717) is 13.1 Å². The summed E-state index contributed by atoms with van der Waals surface area (Å²) in [5, 5.41) is 5.32. The first-order chi connectivity index (χ1) is 5.29. The Hall–Kier alpha value is -1.10. The number of amides is 3. The third-order valence-electron chi connectivity index (χ3n) is 2.04. The Bertz CT molecular complexity index is 194. The summed E-state index contributed by atoms with van der Waals surface area (Å²) in [6, 6.07) is -0.516. The van der Waals surface area contributed by atoms with Gasteiger partial charge in [-0.2, -0.15) is 0 Å². The van der Waals surface area contributed by atoms with E-state index in [1.54, 1.807) is 4.90 Å². The number of hydrogen-bond acceptors (Lipinski definition) is 3. The lowest BCUT2D eigenvalue weighted by atomic mass is 10.2. The number of nitrogens with zero attached hydrogens (tertiary/aromatic N) is 1. The zero-order chi connectivity index (χ0) is 7.84. The summed E-state index contributed by atoms with van der Waals surface area (Å²) >= 11 is 0. The Morgan fingerprint density at radius 3 is 3.00 bits per heavy atom. The predicted octanol–water partition coefficient (Wildman–Crippen LogP) is -1.49. The molecule has 0 aliphatic carbocycles. The van der Waals surface area contributed by atoms with Gasteiger partial charge < -0.3 is 10.2 Å². The van der Waals surface area contributed by atoms with Crippen LogP contribution in [-0.4, -0.2) is 42.5 Å². The molecule has 3 amide bonds. The summed E-state index contributed by atoms with van der Waals surface area (Å²) in [5.74, 6) is -0.179. The number of imide groups is 1. The van der Waals surface area contributed by atoms with E-state index >= 15 is 0 Å². The highest BCUT2D eigenvalue weighted by Crippen LogP contribution is 2.09. The highest BCUT2D eigenvalue weighted by atomic mass is 16.2. The van der Waals surface area contributed by atoms with Crippen molar-refractivity contribution in [3.8, 4) is 0 Å². The van der Waals surface area contributed by atoms with Gasteiger partial charge in [-0.1, -0.05) is 0 Å². The fraction of sp³-hybridized carbons (Fsp3) is 0.667. The molecular weight excluding hydrogens is 146 g/mol. The summed E-state index contributed by atoms with van der Waals surface area (Å²) in [4.78, 5) is 23.6.